The highest BCUT2D eigenvalue weighted by molar-refractivity contribution is 5.94. The summed E-state index contributed by atoms with van der Waals surface area (Å²) in [7, 11) is 3.43. The van der Waals surface area contributed by atoms with Crippen LogP contribution in [0.2, 0.25) is 0 Å². The lowest BCUT2D eigenvalue weighted by atomic mass is 9.79. The minimum absolute atomic E-state index is 0.0483. The average molecular weight is 348 g/mol. The standard InChI is InChI=1S/C19H28N2O4/c1-12(2)15-6-5-14(17(22)20-15)18(23)21-10-9-19(25-4)8-7-13(24-3)11-16(19)21/h5-6,12-13,16H,7-11H2,1-4H3,(H,20,22)/t13-,16+,19-/m1/s1. The quantitative estimate of drug-likeness (QED) is 0.906. The van der Waals surface area contributed by atoms with Crippen molar-refractivity contribution in [2.24, 2.45) is 0 Å². The van der Waals surface area contributed by atoms with Gasteiger partial charge in [-0.2, -0.15) is 0 Å². The topological polar surface area (TPSA) is 71.6 Å². The van der Waals surface area contributed by atoms with E-state index in [2.05, 4.69) is 4.98 Å². The summed E-state index contributed by atoms with van der Waals surface area (Å²) in [6.07, 6.45) is 3.49. The highest BCUT2D eigenvalue weighted by Gasteiger charge is 2.52. The molecule has 1 amide bonds. The van der Waals surface area contributed by atoms with Crippen molar-refractivity contribution in [2.45, 2.75) is 63.2 Å². The number of H-pyrrole nitrogens is 1. The zero-order chi connectivity index (χ0) is 18.2. The number of amides is 1. The number of aromatic nitrogens is 1. The summed E-state index contributed by atoms with van der Waals surface area (Å²) in [5.41, 5.74) is 0.419. The fourth-order valence-electron chi connectivity index (χ4n) is 4.27. The number of likely N-dealkylation sites (tertiary alicyclic amines) is 1. The van der Waals surface area contributed by atoms with E-state index < -0.39 is 0 Å². The molecule has 0 radical (unpaired) electrons. The molecule has 2 heterocycles. The number of ether oxygens (including phenoxy) is 2. The second-order valence-electron chi connectivity index (χ2n) is 7.48. The molecule has 1 saturated carbocycles. The molecule has 1 aliphatic heterocycles. The first kappa shape index (κ1) is 18.1. The molecule has 1 aliphatic carbocycles. The van der Waals surface area contributed by atoms with Crippen molar-refractivity contribution in [3.8, 4) is 0 Å². The molecule has 1 aromatic rings. The Morgan fingerprint density at radius 2 is 2.08 bits per heavy atom. The molecule has 6 heteroatoms. The summed E-state index contributed by atoms with van der Waals surface area (Å²) < 4.78 is 11.4. The molecule has 2 fully saturated rings. The fraction of sp³-hybridized carbons (Fsp3) is 0.684. The van der Waals surface area contributed by atoms with Crippen LogP contribution < -0.4 is 5.56 Å². The van der Waals surface area contributed by atoms with Gasteiger partial charge in [0.2, 0.25) is 0 Å². The molecule has 25 heavy (non-hydrogen) atoms. The monoisotopic (exact) mass is 348 g/mol. The molecule has 1 aromatic heterocycles. The number of carbonyl (C=O) groups excluding carboxylic acids is 1. The fourth-order valence-corrected chi connectivity index (χ4v) is 4.27. The van der Waals surface area contributed by atoms with Gasteiger partial charge in [0, 0.05) is 26.5 Å². The van der Waals surface area contributed by atoms with E-state index in [4.69, 9.17) is 9.47 Å². The molecule has 3 rings (SSSR count). The van der Waals surface area contributed by atoms with Gasteiger partial charge in [0.15, 0.2) is 0 Å². The summed E-state index contributed by atoms with van der Waals surface area (Å²) >= 11 is 0. The molecule has 1 N–H and O–H groups in total. The average Bonchev–Trinajstić information content (AvgIpc) is 3.00. The number of carbonyl (C=O) groups is 1. The maximum Gasteiger partial charge on any atom is 0.261 e. The Kier molecular flexibility index (Phi) is 5.02. The van der Waals surface area contributed by atoms with Crippen molar-refractivity contribution in [1.29, 1.82) is 0 Å². The Hall–Kier alpha value is -1.66. The van der Waals surface area contributed by atoms with Crippen molar-refractivity contribution < 1.29 is 14.3 Å². The predicted octanol–water partition coefficient (Wildman–Crippen LogP) is 2.30. The normalized spacial score (nSPS) is 29.1. The van der Waals surface area contributed by atoms with Crippen LogP contribution in [-0.2, 0) is 9.47 Å². The minimum Gasteiger partial charge on any atom is -0.381 e. The van der Waals surface area contributed by atoms with Gasteiger partial charge in [-0.1, -0.05) is 13.8 Å². The summed E-state index contributed by atoms with van der Waals surface area (Å²) in [5.74, 6) is 0.00261. The largest absolute Gasteiger partial charge is 0.381 e. The van der Waals surface area contributed by atoms with Crippen LogP contribution in [0.4, 0.5) is 0 Å². The molecule has 0 spiro atoms. The van der Waals surface area contributed by atoms with Crippen molar-refractivity contribution in [3.63, 3.8) is 0 Å². The van der Waals surface area contributed by atoms with Gasteiger partial charge in [0.05, 0.1) is 17.7 Å². The Morgan fingerprint density at radius 1 is 1.32 bits per heavy atom. The highest BCUT2D eigenvalue weighted by Crippen LogP contribution is 2.43. The predicted molar refractivity (Wildman–Crippen MR) is 95.0 cm³/mol. The zero-order valence-electron chi connectivity index (χ0n) is 15.5. The number of nitrogens with zero attached hydrogens (tertiary/aromatic N) is 1. The van der Waals surface area contributed by atoms with E-state index in [0.717, 1.165) is 31.4 Å². The number of aromatic amines is 1. The molecule has 3 atom stereocenters. The number of fused-ring (bicyclic) bond motifs is 1. The second kappa shape index (κ2) is 6.92. The van der Waals surface area contributed by atoms with Gasteiger partial charge < -0.3 is 19.4 Å². The van der Waals surface area contributed by atoms with E-state index in [1.807, 2.05) is 24.8 Å². The van der Waals surface area contributed by atoms with Gasteiger partial charge in [-0.3, -0.25) is 9.59 Å². The minimum atomic E-state index is -0.315. The van der Waals surface area contributed by atoms with Gasteiger partial charge in [-0.05, 0) is 43.7 Å². The highest BCUT2D eigenvalue weighted by atomic mass is 16.5. The van der Waals surface area contributed by atoms with Crippen LogP contribution in [0.5, 0.6) is 0 Å². The van der Waals surface area contributed by atoms with Crippen LogP contribution in [-0.4, -0.2) is 54.3 Å². The number of rotatable bonds is 4. The summed E-state index contributed by atoms with van der Waals surface area (Å²) in [5, 5.41) is 0. The van der Waals surface area contributed by atoms with Crippen molar-refractivity contribution >= 4 is 5.91 Å². The van der Waals surface area contributed by atoms with E-state index in [-0.39, 0.29) is 40.7 Å². The lowest BCUT2D eigenvalue weighted by molar-refractivity contribution is -0.0893. The van der Waals surface area contributed by atoms with Gasteiger partial charge in [0.25, 0.3) is 11.5 Å². The van der Waals surface area contributed by atoms with E-state index in [9.17, 15) is 9.59 Å². The molecule has 0 unspecified atom stereocenters. The third kappa shape index (κ3) is 3.13. The first-order valence-electron chi connectivity index (χ1n) is 9.04. The number of hydrogen-bond donors (Lipinski definition) is 1. The Morgan fingerprint density at radius 3 is 2.68 bits per heavy atom. The van der Waals surface area contributed by atoms with Crippen molar-refractivity contribution in [2.75, 3.05) is 20.8 Å². The summed E-state index contributed by atoms with van der Waals surface area (Å²) in [6.45, 7) is 4.62. The summed E-state index contributed by atoms with van der Waals surface area (Å²) in [4.78, 5) is 30.1. The molecule has 0 aromatic carbocycles. The van der Waals surface area contributed by atoms with Crippen LogP contribution in [0.3, 0.4) is 0 Å². The number of pyridine rings is 1. The number of methoxy groups -OCH3 is 2. The molecular weight excluding hydrogens is 320 g/mol. The van der Waals surface area contributed by atoms with Gasteiger partial charge >= 0.3 is 0 Å². The van der Waals surface area contributed by atoms with Crippen LogP contribution in [0.25, 0.3) is 0 Å². The smallest absolute Gasteiger partial charge is 0.261 e. The number of hydrogen-bond acceptors (Lipinski definition) is 4. The Labute approximate surface area is 148 Å². The zero-order valence-corrected chi connectivity index (χ0v) is 15.5. The molecule has 1 saturated heterocycles. The second-order valence-corrected chi connectivity index (χ2v) is 7.48. The maximum absolute atomic E-state index is 13.1. The molecule has 6 nitrogen and oxygen atoms in total. The Balaban J connectivity index is 1.88. The molecular formula is C19H28N2O4. The van der Waals surface area contributed by atoms with Crippen LogP contribution in [0.15, 0.2) is 16.9 Å². The van der Waals surface area contributed by atoms with E-state index >= 15 is 0 Å². The lowest BCUT2D eigenvalue weighted by Crippen LogP contribution is -2.53. The summed E-state index contributed by atoms with van der Waals surface area (Å²) in [6, 6.07) is 3.44. The van der Waals surface area contributed by atoms with Crippen molar-refractivity contribution in [1.82, 2.24) is 9.88 Å². The van der Waals surface area contributed by atoms with Crippen LogP contribution >= 0.6 is 0 Å². The maximum atomic E-state index is 13.1. The molecule has 2 aliphatic rings. The first-order valence-corrected chi connectivity index (χ1v) is 9.04. The van der Waals surface area contributed by atoms with Crippen LogP contribution in [0, 0.1) is 0 Å². The molecule has 0 bridgehead atoms. The number of nitrogens with one attached hydrogen (secondary N) is 1. The van der Waals surface area contributed by atoms with Gasteiger partial charge in [-0.25, -0.2) is 0 Å². The SMILES string of the molecule is CO[C@@H]1CC[C@@]2(OC)CCN(C(=O)c3ccc(C(C)C)[nH]c3=O)[C@H]2C1. The third-order valence-corrected chi connectivity index (χ3v) is 5.92. The van der Waals surface area contributed by atoms with Gasteiger partial charge in [-0.15, -0.1) is 0 Å². The van der Waals surface area contributed by atoms with Crippen molar-refractivity contribution in [3.05, 3.63) is 33.7 Å². The van der Waals surface area contributed by atoms with Gasteiger partial charge in [0.1, 0.15) is 5.56 Å². The lowest BCUT2D eigenvalue weighted by Gasteiger charge is -2.43. The third-order valence-electron chi connectivity index (χ3n) is 5.92. The molecule has 138 valence electrons. The Bertz CT molecular complexity index is 699. The van der Waals surface area contributed by atoms with E-state index in [0.29, 0.717) is 6.54 Å². The van der Waals surface area contributed by atoms with Crippen LogP contribution in [0.1, 0.15) is 61.5 Å². The van der Waals surface area contributed by atoms with E-state index in [1.165, 1.54) is 0 Å². The first-order chi connectivity index (χ1) is 11.9. The van der Waals surface area contributed by atoms with E-state index in [1.54, 1.807) is 20.3 Å².